The Hall–Kier alpha value is -0.860. The molecule has 1 N–H and O–H groups in total. The van der Waals surface area contributed by atoms with Crippen molar-refractivity contribution in [3.8, 4) is 0 Å². The fourth-order valence-electron chi connectivity index (χ4n) is 1.11. The first-order valence-electron chi connectivity index (χ1n) is 4.65. The van der Waals surface area contributed by atoms with E-state index >= 15 is 0 Å². The summed E-state index contributed by atoms with van der Waals surface area (Å²) < 4.78 is 5.25. The minimum absolute atomic E-state index is 0.387. The number of hydrogen-bond acceptors (Lipinski definition) is 2. The summed E-state index contributed by atoms with van der Waals surface area (Å²) in [6.45, 7) is 3.15. The van der Waals surface area contributed by atoms with Gasteiger partial charge in [-0.15, -0.1) is 0 Å². The summed E-state index contributed by atoms with van der Waals surface area (Å²) in [5, 5.41) is 9.62. The van der Waals surface area contributed by atoms with Crippen LogP contribution < -0.4 is 0 Å². The zero-order valence-electron chi connectivity index (χ0n) is 7.94. The summed E-state index contributed by atoms with van der Waals surface area (Å²) in [5.74, 6) is 0. The highest BCUT2D eigenvalue weighted by atomic mass is 16.5. The van der Waals surface area contributed by atoms with Crippen LogP contribution >= 0.6 is 0 Å². The third kappa shape index (κ3) is 3.57. The zero-order valence-corrected chi connectivity index (χ0v) is 7.94. The maximum Gasteiger partial charge on any atom is 0.102 e. The maximum absolute atomic E-state index is 9.62. The van der Waals surface area contributed by atoms with E-state index in [2.05, 4.69) is 6.92 Å². The van der Waals surface area contributed by atoms with Crippen molar-refractivity contribution in [2.45, 2.75) is 19.4 Å². The molecule has 13 heavy (non-hydrogen) atoms. The monoisotopic (exact) mass is 180 g/mol. The SMILES string of the molecule is CCCOC[C@H](O)c1ccccc1. The van der Waals surface area contributed by atoms with E-state index in [0.717, 1.165) is 12.0 Å². The lowest BCUT2D eigenvalue weighted by atomic mass is 10.1. The summed E-state index contributed by atoms with van der Waals surface area (Å²) in [6.07, 6.45) is 0.495. The molecular formula is C11H16O2. The lowest BCUT2D eigenvalue weighted by Gasteiger charge is -2.10. The van der Waals surface area contributed by atoms with Crippen LogP contribution in [-0.4, -0.2) is 18.3 Å². The van der Waals surface area contributed by atoms with Crippen LogP contribution in [0.2, 0.25) is 0 Å². The Morgan fingerprint density at radius 2 is 2.00 bits per heavy atom. The Morgan fingerprint density at radius 1 is 1.31 bits per heavy atom. The molecule has 0 saturated carbocycles. The molecule has 2 heteroatoms. The topological polar surface area (TPSA) is 29.5 Å². The van der Waals surface area contributed by atoms with Gasteiger partial charge in [0.1, 0.15) is 6.10 Å². The lowest BCUT2D eigenvalue weighted by molar-refractivity contribution is 0.0364. The number of ether oxygens (including phenoxy) is 1. The molecule has 0 heterocycles. The first-order valence-corrected chi connectivity index (χ1v) is 4.65. The van der Waals surface area contributed by atoms with E-state index in [-0.39, 0.29) is 0 Å². The van der Waals surface area contributed by atoms with Crippen molar-refractivity contribution >= 4 is 0 Å². The van der Waals surface area contributed by atoms with E-state index in [4.69, 9.17) is 4.74 Å². The molecule has 1 atom stereocenters. The van der Waals surface area contributed by atoms with E-state index in [0.29, 0.717) is 13.2 Å². The summed E-state index contributed by atoms with van der Waals surface area (Å²) >= 11 is 0. The standard InChI is InChI=1S/C11H16O2/c1-2-8-13-9-11(12)10-6-4-3-5-7-10/h3-7,11-12H,2,8-9H2,1H3/t11-/m0/s1. The van der Waals surface area contributed by atoms with Gasteiger partial charge in [-0.3, -0.25) is 0 Å². The largest absolute Gasteiger partial charge is 0.386 e. The number of hydrogen-bond donors (Lipinski definition) is 1. The predicted octanol–water partition coefficient (Wildman–Crippen LogP) is 2.15. The Balaban J connectivity index is 2.35. The van der Waals surface area contributed by atoms with Crippen LogP contribution in [0.15, 0.2) is 30.3 Å². The van der Waals surface area contributed by atoms with Crippen molar-refractivity contribution in [1.29, 1.82) is 0 Å². The molecule has 0 unspecified atom stereocenters. The Bertz CT molecular complexity index is 221. The summed E-state index contributed by atoms with van der Waals surface area (Å²) in [5.41, 5.74) is 0.915. The highest BCUT2D eigenvalue weighted by Gasteiger charge is 2.05. The van der Waals surface area contributed by atoms with Gasteiger partial charge in [-0.25, -0.2) is 0 Å². The van der Waals surface area contributed by atoms with E-state index in [1.165, 1.54) is 0 Å². The van der Waals surface area contributed by atoms with Gasteiger partial charge in [-0.1, -0.05) is 37.3 Å². The van der Waals surface area contributed by atoms with Crippen molar-refractivity contribution in [2.75, 3.05) is 13.2 Å². The van der Waals surface area contributed by atoms with Crippen molar-refractivity contribution < 1.29 is 9.84 Å². The molecule has 1 aromatic rings. The number of benzene rings is 1. The third-order valence-corrected chi connectivity index (χ3v) is 1.81. The molecule has 1 rings (SSSR count). The molecule has 0 aromatic heterocycles. The zero-order chi connectivity index (χ0) is 9.52. The van der Waals surface area contributed by atoms with E-state index in [1.54, 1.807) is 0 Å². The average molecular weight is 180 g/mol. The van der Waals surface area contributed by atoms with Gasteiger partial charge in [0.2, 0.25) is 0 Å². The van der Waals surface area contributed by atoms with Gasteiger partial charge in [0.15, 0.2) is 0 Å². The normalized spacial score (nSPS) is 12.8. The van der Waals surface area contributed by atoms with Crippen LogP contribution in [0.1, 0.15) is 25.0 Å². The van der Waals surface area contributed by atoms with E-state index in [9.17, 15) is 5.11 Å². The first-order chi connectivity index (χ1) is 6.34. The van der Waals surface area contributed by atoms with Crippen LogP contribution in [0.5, 0.6) is 0 Å². The maximum atomic E-state index is 9.62. The number of aliphatic hydroxyl groups is 1. The molecule has 0 saturated heterocycles. The van der Waals surface area contributed by atoms with Gasteiger partial charge in [0, 0.05) is 6.61 Å². The summed E-state index contributed by atoms with van der Waals surface area (Å²) in [4.78, 5) is 0. The molecule has 72 valence electrons. The van der Waals surface area contributed by atoms with Crippen molar-refractivity contribution in [1.82, 2.24) is 0 Å². The number of rotatable bonds is 5. The lowest BCUT2D eigenvalue weighted by Crippen LogP contribution is -2.07. The van der Waals surface area contributed by atoms with Crippen LogP contribution in [0, 0.1) is 0 Å². The quantitative estimate of drug-likeness (QED) is 0.703. The minimum Gasteiger partial charge on any atom is -0.386 e. The Labute approximate surface area is 79.2 Å². The summed E-state index contributed by atoms with van der Waals surface area (Å²) in [7, 11) is 0. The van der Waals surface area contributed by atoms with Gasteiger partial charge in [0.05, 0.1) is 6.61 Å². The first kappa shape index (κ1) is 10.2. The molecule has 0 aliphatic heterocycles. The molecule has 0 spiro atoms. The van der Waals surface area contributed by atoms with Gasteiger partial charge in [0.25, 0.3) is 0 Å². The second-order valence-corrected chi connectivity index (χ2v) is 3.00. The molecule has 0 aliphatic carbocycles. The molecule has 2 nitrogen and oxygen atoms in total. The fourth-order valence-corrected chi connectivity index (χ4v) is 1.11. The molecular weight excluding hydrogens is 164 g/mol. The molecule has 0 amide bonds. The minimum atomic E-state index is -0.493. The molecule has 0 bridgehead atoms. The van der Waals surface area contributed by atoms with Gasteiger partial charge >= 0.3 is 0 Å². The highest BCUT2D eigenvalue weighted by Crippen LogP contribution is 2.11. The van der Waals surface area contributed by atoms with Gasteiger partial charge in [-0.2, -0.15) is 0 Å². The molecule has 1 aromatic carbocycles. The van der Waals surface area contributed by atoms with E-state index in [1.807, 2.05) is 30.3 Å². The Morgan fingerprint density at radius 3 is 2.62 bits per heavy atom. The summed E-state index contributed by atoms with van der Waals surface area (Å²) in [6, 6.07) is 9.57. The van der Waals surface area contributed by atoms with Crippen LogP contribution in [-0.2, 0) is 4.74 Å². The second-order valence-electron chi connectivity index (χ2n) is 3.00. The van der Waals surface area contributed by atoms with Crippen molar-refractivity contribution in [3.05, 3.63) is 35.9 Å². The third-order valence-electron chi connectivity index (χ3n) is 1.81. The van der Waals surface area contributed by atoms with Crippen molar-refractivity contribution in [2.24, 2.45) is 0 Å². The molecule has 0 radical (unpaired) electrons. The van der Waals surface area contributed by atoms with Crippen LogP contribution in [0.4, 0.5) is 0 Å². The van der Waals surface area contributed by atoms with Gasteiger partial charge in [-0.05, 0) is 12.0 Å². The average Bonchev–Trinajstić information content (AvgIpc) is 2.19. The highest BCUT2D eigenvalue weighted by molar-refractivity contribution is 5.17. The molecule has 0 fully saturated rings. The number of aliphatic hydroxyl groups excluding tert-OH is 1. The van der Waals surface area contributed by atoms with Gasteiger partial charge < -0.3 is 9.84 Å². The Kier molecular flexibility index (Phi) is 4.50. The van der Waals surface area contributed by atoms with Crippen LogP contribution in [0.3, 0.4) is 0 Å². The van der Waals surface area contributed by atoms with Crippen LogP contribution in [0.25, 0.3) is 0 Å². The predicted molar refractivity (Wildman–Crippen MR) is 52.5 cm³/mol. The fraction of sp³-hybridized carbons (Fsp3) is 0.455. The smallest absolute Gasteiger partial charge is 0.102 e. The van der Waals surface area contributed by atoms with Crippen molar-refractivity contribution in [3.63, 3.8) is 0 Å². The molecule has 0 aliphatic rings. The second kappa shape index (κ2) is 5.73. The van der Waals surface area contributed by atoms with E-state index < -0.39 is 6.10 Å².